The first-order chi connectivity index (χ1) is 17.3. The average Bonchev–Trinajstić information content (AvgIpc) is 3.31. The van der Waals surface area contributed by atoms with Crippen LogP contribution < -0.4 is 10.6 Å². The van der Waals surface area contributed by atoms with E-state index < -0.39 is 47.6 Å². The van der Waals surface area contributed by atoms with Crippen LogP contribution in [0.25, 0.3) is 0 Å². The van der Waals surface area contributed by atoms with Gasteiger partial charge in [0.15, 0.2) is 5.78 Å². The lowest BCUT2D eigenvalue weighted by atomic mass is 10.0. The highest BCUT2D eigenvalue weighted by Crippen LogP contribution is 2.21. The van der Waals surface area contributed by atoms with Crippen LogP contribution in [0.3, 0.4) is 0 Å². The zero-order chi connectivity index (χ0) is 27.8. The zero-order valence-electron chi connectivity index (χ0n) is 22.0. The molecule has 0 aromatic heterocycles. The summed E-state index contributed by atoms with van der Waals surface area (Å²) >= 11 is 0. The lowest BCUT2D eigenvalue weighted by molar-refractivity contribution is -0.145. The molecule has 0 spiro atoms. The van der Waals surface area contributed by atoms with Crippen molar-refractivity contribution in [2.24, 2.45) is 0 Å². The highest BCUT2D eigenvalue weighted by atomic mass is 16.6. The number of nitrogens with one attached hydrogen (secondary N) is 2. The van der Waals surface area contributed by atoms with Crippen LogP contribution >= 0.6 is 0 Å². The van der Waals surface area contributed by atoms with Crippen LogP contribution in [0, 0.1) is 0 Å². The number of phenolic OH excluding ortho intramolecular Hbond substituents is 1. The molecule has 0 aliphatic carbocycles. The lowest BCUT2D eigenvalue weighted by Gasteiger charge is -2.28. The van der Waals surface area contributed by atoms with Crippen LogP contribution in [-0.4, -0.2) is 77.0 Å². The van der Waals surface area contributed by atoms with Crippen molar-refractivity contribution in [3.63, 3.8) is 0 Å². The highest BCUT2D eigenvalue weighted by molar-refractivity contribution is 5.94. The van der Waals surface area contributed by atoms with E-state index in [2.05, 4.69) is 10.6 Å². The number of alkyl carbamates (subject to hydrolysis) is 1. The van der Waals surface area contributed by atoms with Gasteiger partial charge in [-0.3, -0.25) is 14.4 Å². The van der Waals surface area contributed by atoms with Gasteiger partial charge >= 0.3 is 12.1 Å². The molecule has 204 valence electrons. The van der Waals surface area contributed by atoms with Gasteiger partial charge in [0.25, 0.3) is 0 Å². The molecule has 37 heavy (non-hydrogen) atoms. The molecule has 3 atom stereocenters. The van der Waals surface area contributed by atoms with Crippen molar-refractivity contribution in [1.29, 1.82) is 0 Å². The predicted molar refractivity (Wildman–Crippen MR) is 134 cm³/mol. The quantitative estimate of drug-likeness (QED) is 0.396. The van der Waals surface area contributed by atoms with Crippen LogP contribution in [-0.2, 0) is 35.1 Å². The molecule has 1 saturated heterocycles. The van der Waals surface area contributed by atoms with E-state index in [0.717, 1.165) is 0 Å². The molecule has 1 aliphatic rings. The summed E-state index contributed by atoms with van der Waals surface area (Å²) in [5, 5.41) is 14.5. The summed E-state index contributed by atoms with van der Waals surface area (Å²) in [5.41, 5.74) is -0.00459. The van der Waals surface area contributed by atoms with Crippen molar-refractivity contribution in [2.75, 3.05) is 13.7 Å². The summed E-state index contributed by atoms with van der Waals surface area (Å²) < 4.78 is 9.96. The van der Waals surface area contributed by atoms with Crippen LogP contribution in [0.15, 0.2) is 24.3 Å². The molecule has 1 heterocycles. The number of methoxy groups -OCH3 is 1. The van der Waals surface area contributed by atoms with Crippen molar-refractivity contribution in [2.45, 2.75) is 83.5 Å². The second-order valence-electron chi connectivity index (χ2n) is 10.0. The standard InChI is InChI=1S/C26H37N3O8/c1-16(27-25(35)37-26(2,3)4)23(33)29-14-6-7-20(29)21(31)12-13-22(32)28-19(24(34)36-5)15-17-8-10-18(30)11-9-17/h8-11,16,19-20,30H,6-7,12-15H2,1-5H3,(H,27,35)(H,28,32)/t16-,19-,20-/m0/s1. The molecule has 0 unspecified atom stereocenters. The number of hydrogen-bond acceptors (Lipinski definition) is 8. The van der Waals surface area contributed by atoms with Gasteiger partial charge < -0.3 is 30.1 Å². The van der Waals surface area contributed by atoms with Crippen molar-refractivity contribution in [1.82, 2.24) is 15.5 Å². The van der Waals surface area contributed by atoms with Crippen molar-refractivity contribution >= 4 is 29.7 Å². The molecule has 11 nitrogen and oxygen atoms in total. The Morgan fingerprint density at radius 1 is 1.08 bits per heavy atom. The Labute approximate surface area is 216 Å². The van der Waals surface area contributed by atoms with E-state index in [9.17, 15) is 29.1 Å². The Kier molecular flexibility index (Phi) is 10.5. The first-order valence-electron chi connectivity index (χ1n) is 12.3. The first kappa shape index (κ1) is 29.6. The normalized spacial score (nSPS) is 16.9. The molecular formula is C26H37N3O8. The van der Waals surface area contributed by atoms with Crippen LogP contribution in [0.5, 0.6) is 5.75 Å². The Bertz CT molecular complexity index is 987. The van der Waals surface area contributed by atoms with Crippen molar-refractivity contribution in [3.05, 3.63) is 29.8 Å². The number of hydrogen-bond donors (Lipinski definition) is 3. The largest absolute Gasteiger partial charge is 0.508 e. The van der Waals surface area contributed by atoms with E-state index in [1.807, 2.05) is 0 Å². The molecule has 1 fully saturated rings. The van der Waals surface area contributed by atoms with Gasteiger partial charge in [-0.05, 0) is 58.2 Å². The predicted octanol–water partition coefficient (Wildman–Crippen LogP) is 1.85. The summed E-state index contributed by atoms with van der Waals surface area (Å²) in [5.74, 6) is -1.72. The fraction of sp³-hybridized carbons (Fsp3) is 0.577. The van der Waals surface area contributed by atoms with E-state index in [-0.39, 0.29) is 30.8 Å². The molecule has 1 aromatic carbocycles. The smallest absolute Gasteiger partial charge is 0.408 e. The number of likely N-dealkylation sites (tertiary alicyclic amines) is 1. The number of rotatable bonds is 10. The van der Waals surface area contributed by atoms with Gasteiger partial charge in [0.2, 0.25) is 11.8 Å². The average molecular weight is 520 g/mol. The van der Waals surface area contributed by atoms with Gasteiger partial charge in [0.1, 0.15) is 23.4 Å². The van der Waals surface area contributed by atoms with E-state index in [1.165, 1.54) is 31.1 Å². The third-order valence-corrected chi connectivity index (χ3v) is 5.81. The van der Waals surface area contributed by atoms with Gasteiger partial charge in [-0.15, -0.1) is 0 Å². The Balaban J connectivity index is 1.91. The van der Waals surface area contributed by atoms with Crippen LogP contribution in [0.2, 0.25) is 0 Å². The second-order valence-corrected chi connectivity index (χ2v) is 10.0. The SMILES string of the molecule is COC(=O)[C@H](Cc1ccc(O)cc1)NC(=O)CCC(=O)[C@@H]1CCCN1C(=O)[C@H](C)NC(=O)OC(C)(C)C. The summed E-state index contributed by atoms with van der Waals surface area (Å²) in [6.45, 7) is 7.04. The fourth-order valence-corrected chi connectivity index (χ4v) is 4.03. The number of ketones is 1. The Hall–Kier alpha value is -3.63. The Morgan fingerprint density at radius 2 is 1.73 bits per heavy atom. The number of nitrogens with zero attached hydrogens (tertiary/aromatic N) is 1. The number of phenols is 1. The van der Waals surface area contributed by atoms with Crippen molar-refractivity contribution < 1.29 is 38.6 Å². The number of benzene rings is 1. The summed E-state index contributed by atoms with van der Waals surface area (Å²) in [6.07, 6.45) is 0.259. The maximum atomic E-state index is 12.9. The van der Waals surface area contributed by atoms with Gasteiger partial charge in [0, 0.05) is 25.8 Å². The molecule has 0 bridgehead atoms. The van der Waals surface area contributed by atoms with Gasteiger partial charge in [-0.25, -0.2) is 9.59 Å². The molecule has 3 amide bonds. The topological polar surface area (TPSA) is 151 Å². The Morgan fingerprint density at radius 3 is 2.32 bits per heavy atom. The molecule has 3 N–H and O–H groups in total. The monoisotopic (exact) mass is 519 g/mol. The minimum Gasteiger partial charge on any atom is -0.508 e. The molecular weight excluding hydrogens is 482 g/mol. The van der Waals surface area contributed by atoms with Gasteiger partial charge in [-0.1, -0.05) is 12.1 Å². The number of ether oxygens (including phenoxy) is 2. The number of carbonyl (C=O) groups is 5. The van der Waals surface area contributed by atoms with E-state index in [1.54, 1.807) is 32.9 Å². The number of amides is 3. The summed E-state index contributed by atoms with van der Waals surface area (Å²) in [4.78, 5) is 64.0. The van der Waals surface area contributed by atoms with E-state index >= 15 is 0 Å². The number of Topliss-reactive ketones (excluding diaryl/α,β-unsaturated/α-hetero) is 1. The molecule has 1 aromatic rings. The summed E-state index contributed by atoms with van der Waals surface area (Å²) in [7, 11) is 1.21. The number of carbonyl (C=O) groups excluding carboxylic acids is 5. The minimum atomic E-state index is -0.957. The van der Waals surface area contributed by atoms with Crippen molar-refractivity contribution in [3.8, 4) is 5.75 Å². The number of esters is 1. The molecule has 11 heteroatoms. The maximum Gasteiger partial charge on any atom is 0.408 e. The molecule has 2 rings (SSSR count). The van der Waals surface area contributed by atoms with Crippen LogP contribution in [0.4, 0.5) is 4.79 Å². The lowest BCUT2D eigenvalue weighted by Crippen LogP contribution is -2.51. The number of aromatic hydroxyl groups is 1. The third kappa shape index (κ3) is 9.40. The summed E-state index contributed by atoms with van der Waals surface area (Å²) in [6, 6.07) is 3.69. The minimum absolute atomic E-state index is 0.0790. The molecule has 1 aliphatic heterocycles. The second kappa shape index (κ2) is 13.1. The highest BCUT2D eigenvalue weighted by Gasteiger charge is 2.36. The molecule has 0 radical (unpaired) electrons. The van der Waals surface area contributed by atoms with E-state index in [4.69, 9.17) is 9.47 Å². The first-order valence-corrected chi connectivity index (χ1v) is 12.3. The fourth-order valence-electron chi connectivity index (χ4n) is 4.03. The van der Waals surface area contributed by atoms with Gasteiger partial charge in [-0.2, -0.15) is 0 Å². The molecule has 0 saturated carbocycles. The third-order valence-electron chi connectivity index (χ3n) is 5.81. The zero-order valence-corrected chi connectivity index (χ0v) is 22.0. The van der Waals surface area contributed by atoms with E-state index in [0.29, 0.717) is 24.9 Å². The maximum absolute atomic E-state index is 12.9. The van der Waals surface area contributed by atoms with Crippen LogP contribution in [0.1, 0.15) is 58.9 Å². The van der Waals surface area contributed by atoms with Gasteiger partial charge in [0.05, 0.1) is 13.2 Å².